The second-order valence-electron chi connectivity index (χ2n) is 5.58. The molecule has 0 spiro atoms. The molecule has 2 nitrogen and oxygen atoms in total. The first-order valence-corrected chi connectivity index (χ1v) is 7.66. The Morgan fingerprint density at radius 3 is 2.24 bits per heavy atom. The summed E-state index contributed by atoms with van der Waals surface area (Å²) >= 11 is 0. The molecule has 1 atom stereocenters. The fourth-order valence-electron chi connectivity index (χ4n) is 2.72. The topological polar surface area (TPSA) is 32.3 Å². The maximum Gasteiger partial charge on any atom is 0.0431 e. The van der Waals surface area contributed by atoms with Gasteiger partial charge in [-0.05, 0) is 48.9 Å². The van der Waals surface area contributed by atoms with Crippen molar-refractivity contribution in [3.05, 3.63) is 70.8 Å². The number of benzene rings is 2. The van der Waals surface area contributed by atoms with E-state index in [4.69, 9.17) is 5.11 Å². The van der Waals surface area contributed by atoms with Crippen LogP contribution in [0.2, 0.25) is 0 Å². The third-order valence-electron chi connectivity index (χ3n) is 4.02. The Morgan fingerprint density at radius 2 is 1.62 bits per heavy atom. The monoisotopic (exact) mass is 283 g/mol. The van der Waals surface area contributed by atoms with Gasteiger partial charge in [-0.2, -0.15) is 0 Å². The summed E-state index contributed by atoms with van der Waals surface area (Å²) in [6.07, 6.45) is 1.77. The summed E-state index contributed by atoms with van der Waals surface area (Å²) in [5.74, 6) is 0. The highest BCUT2D eigenvalue weighted by molar-refractivity contribution is 5.33. The molecule has 21 heavy (non-hydrogen) atoms. The van der Waals surface area contributed by atoms with Gasteiger partial charge in [0.25, 0.3) is 0 Å². The van der Waals surface area contributed by atoms with Crippen molar-refractivity contribution >= 4 is 0 Å². The van der Waals surface area contributed by atoms with Crippen LogP contribution >= 0.6 is 0 Å². The molecule has 112 valence electrons. The molecule has 0 radical (unpaired) electrons. The van der Waals surface area contributed by atoms with E-state index in [-0.39, 0.29) is 12.6 Å². The Hall–Kier alpha value is -1.64. The van der Waals surface area contributed by atoms with Gasteiger partial charge in [-0.3, -0.25) is 0 Å². The molecule has 2 heteroatoms. The molecule has 0 fully saturated rings. The summed E-state index contributed by atoms with van der Waals surface area (Å²) in [5, 5.41) is 12.8. The summed E-state index contributed by atoms with van der Waals surface area (Å²) in [6.45, 7) is 5.43. The van der Waals surface area contributed by atoms with Crippen molar-refractivity contribution in [1.29, 1.82) is 0 Å². The van der Waals surface area contributed by atoms with E-state index in [2.05, 4.69) is 61.6 Å². The molecular formula is C19H25NO. The smallest absolute Gasteiger partial charge is 0.0431 e. The summed E-state index contributed by atoms with van der Waals surface area (Å²) in [6, 6.07) is 17.2. The molecular weight excluding hydrogens is 258 g/mol. The molecule has 0 aliphatic heterocycles. The largest absolute Gasteiger partial charge is 0.396 e. The van der Waals surface area contributed by atoms with Gasteiger partial charge in [0.1, 0.15) is 0 Å². The van der Waals surface area contributed by atoms with Gasteiger partial charge >= 0.3 is 0 Å². The van der Waals surface area contributed by atoms with E-state index in [1.54, 1.807) is 0 Å². The molecule has 2 aromatic rings. The molecule has 2 N–H and O–H groups in total. The lowest BCUT2D eigenvalue weighted by Gasteiger charge is -2.20. The van der Waals surface area contributed by atoms with Crippen LogP contribution in [0.5, 0.6) is 0 Å². The van der Waals surface area contributed by atoms with Gasteiger partial charge in [-0.1, -0.05) is 48.5 Å². The fraction of sp³-hybridized carbons (Fsp3) is 0.368. The van der Waals surface area contributed by atoms with Gasteiger partial charge < -0.3 is 10.4 Å². The van der Waals surface area contributed by atoms with Crippen LogP contribution in [0.4, 0.5) is 0 Å². The standard InChI is InChI=1S/C19H25NO/c1-15-8-6-9-16(2)18(15)14-20-19(12-7-13-21)17-10-4-3-5-11-17/h3-6,8-11,19-21H,7,12-14H2,1-2H3. The van der Waals surface area contributed by atoms with Crippen LogP contribution in [-0.2, 0) is 6.54 Å². The summed E-state index contributed by atoms with van der Waals surface area (Å²) in [4.78, 5) is 0. The van der Waals surface area contributed by atoms with Crippen LogP contribution in [0.15, 0.2) is 48.5 Å². The molecule has 0 saturated heterocycles. The second-order valence-corrected chi connectivity index (χ2v) is 5.58. The average Bonchev–Trinajstić information content (AvgIpc) is 2.50. The normalized spacial score (nSPS) is 12.3. The maximum absolute atomic E-state index is 9.11. The molecule has 0 aliphatic carbocycles. The SMILES string of the molecule is Cc1cccc(C)c1CNC(CCCO)c1ccccc1. The Morgan fingerprint density at radius 1 is 0.952 bits per heavy atom. The molecule has 0 bridgehead atoms. The van der Waals surface area contributed by atoms with Gasteiger partial charge in [0.15, 0.2) is 0 Å². The van der Waals surface area contributed by atoms with Gasteiger partial charge in [-0.25, -0.2) is 0 Å². The number of rotatable bonds is 7. The lowest BCUT2D eigenvalue weighted by Crippen LogP contribution is -2.22. The minimum absolute atomic E-state index is 0.244. The van der Waals surface area contributed by atoms with Crippen molar-refractivity contribution in [3.63, 3.8) is 0 Å². The van der Waals surface area contributed by atoms with Gasteiger partial charge in [0.2, 0.25) is 0 Å². The highest BCUT2D eigenvalue weighted by Crippen LogP contribution is 2.20. The lowest BCUT2D eigenvalue weighted by atomic mass is 9.99. The quantitative estimate of drug-likeness (QED) is 0.807. The second kappa shape index (κ2) is 7.96. The lowest BCUT2D eigenvalue weighted by molar-refractivity contribution is 0.275. The first-order valence-electron chi connectivity index (χ1n) is 7.66. The van der Waals surface area contributed by atoms with Crippen molar-refractivity contribution in [2.24, 2.45) is 0 Å². The molecule has 2 rings (SSSR count). The van der Waals surface area contributed by atoms with Crippen LogP contribution in [0.3, 0.4) is 0 Å². The Kier molecular flexibility index (Phi) is 5.97. The van der Waals surface area contributed by atoms with E-state index in [0.29, 0.717) is 0 Å². The summed E-state index contributed by atoms with van der Waals surface area (Å²) < 4.78 is 0. The molecule has 1 unspecified atom stereocenters. The first-order chi connectivity index (χ1) is 10.2. The minimum Gasteiger partial charge on any atom is -0.396 e. The number of aryl methyl sites for hydroxylation is 2. The molecule has 0 saturated carbocycles. The summed E-state index contributed by atoms with van der Waals surface area (Å²) in [7, 11) is 0. The molecule has 0 aliphatic rings. The number of nitrogens with one attached hydrogen (secondary N) is 1. The van der Waals surface area contributed by atoms with Gasteiger partial charge in [-0.15, -0.1) is 0 Å². The average molecular weight is 283 g/mol. The van der Waals surface area contributed by atoms with E-state index in [9.17, 15) is 0 Å². The zero-order chi connectivity index (χ0) is 15.1. The van der Waals surface area contributed by atoms with Gasteiger partial charge in [0.05, 0.1) is 0 Å². The zero-order valence-corrected chi connectivity index (χ0v) is 13.0. The van der Waals surface area contributed by atoms with E-state index >= 15 is 0 Å². The van der Waals surface area contributed by atoms with Crippen molar-refractivity contribution in [2.75, 3.05) is 6.61 Å². The predicted octanol–water partition coefficient (Wildman–Crippen LogP) is 3.91. The van der Waals surface area contributed by atoms with E-state index in [0.717, 1.165) is 19.4 Å². The summed E-state index contributed by atoms with van der Waals surface area (Å²) in [5.41, 5.74) is 5.33. The van der Waals surface area contributed by atoms with Crippen LogP contribution in [0, 0.1) is 13.8 Å². The molecule has 0 amide bonds. The van der Waals surface area contributed by atoms with Gasteiger partial charge in [0, 0.05) is 19.2 Å². The number of hydrogen-bond acceptors (Lipinski definition) is 2. The van der Waals surface area contributed by atoms with Crippen molar-refractivity contribution in [1.82, 2.24) is 5.32 Å². The highest BCUT2D eigenvalue weighted by Gasteiger charge is 2.11. The number of hydrogen-bond donors (Lipinski definition) is 2. The number of aliphatic hydroxyl groups is 1. The van der Waals surface area contributed by atoms with Crippen molar-refractivity contribution in [2.45, 2.75) is 39.3 Å². The Balaban J connectivity index is 2.09. The van der Waals surface area contributed by atoms with E-state index < -0.39 is 0 Å². The highest BCUT2D eigenvalue weighted by atomic mass is 16.2. The first kappa shape index (κ1) is 15.7. The van der Waals surface area contributed by atoms with E-state index in [1.807, 2.05) is 6.07 Å². The van der Waals surface area contributed by atoms with Crippen LogP contribution in [-0.4, -0.2) is 11.7 Å². The van der Waals surface area contributed by atoms with Crippen LogP contribution < -0.4 is 5.32 Å². The van der Waals surface area contributed by atoms with Crippen molar-refractivity contribution in [3.8, 4) is 0 Å². The Bertz CT molecular complexity index is 530. The third-order valence-corrected chi connectivity index (χ3v) is 4.02. The molecule has 0 aromatic heterocycles. The molecule has 0 heterocycles. The predicted molar refractivity (Wildman–Crippen MR) is 88.3 cm³/mol. The minimum atomic E-state index is 0.244. The Labute approximate surface area is 127 Å². The van der Waals surface area contributed by atoms with E-state index in [1.165, 1.54) is 22.3 Å². The van der Waals surface area contributed by atoms with Crippen molar-refractivity contribution < 1.29 is 5.11 Å². The third kappa shape index (κ3) is 4.42. The van der Waals surface area contributed by atoms with Crippen LogP contribution in [0.25, 0.3) is 0 Å². The maximum atomic E-state index is 9.11. The van der Waals surface area contributed by atoms with Crippen LogP contribution in [0.1, 0.15) is 41.1 Å². The fourth-order valence-corrected chi connectivity index (χ4v) is 2.72. The zero-order valence-electron chi connectivity index (χ0n) is 13.0. The number of aliphatic hydroxyl groups excluding tert-OH is 1. The molecule has 2 aromatic carbocycles.